The molecule has 142 valence electrons. The monoisotopic (exact) mass is 376 g/mol. The number of rotatable bonds is 5. The topological polar surface area (TPSA) is 35.5 Å². The molecule has 1 spiro atoms. The first kappa shape index (κ1) is 18.2. The maximum absolute atomic E-state index is 13.0. The highest BCUT2D eigenvalue weighted by Crippen LogP contribution is 2.76. The fourth-order valence-electron chi connectivity index (χ4n) is 6.73. The fourth-order valence-corrected chi connectivity index (χ4v) is 6.79. The van der Waals surface area contributed by atoms with E-state index in [4.69, 9.17) is 21.1 Å². The Morgan fingerprint density at radius 2 is 2.19 bits per heavy atom. The number of esters is 1. The number of carbonyl (C=O) groups is 1. The van der Waals surface area contributed by atoms with Crippen LogP contribution in [0, 0.1) is 34.5 Å². The number of carbonyl (C=O) groups excluding carboxylic acids is 1. The highest BCUT2D eigenvalue weighted by Gasteiger charge is 2.76. The highest BCUT2D eigenvalue weighted by atomic mass is 35.5. The number of alkyl halides is 1. The van der Waals surface area contributed by atoms with Crippen LogP contribution < -0.4 is 0 Å². The van der Waals surface area contributed by atoms with E-state index in [1.807, 2.05) is 6.08 Å². The van der Waals surface area contributed by atoms with Crippen molar-refractivity contribution in [2.75, 3.05) is 12.5 Å². The molecular formula is C22H29ClO3. The Balaban J connectivity index is 1.83. The second-order valence-electron chi connectivity index (χ2n) is 8.82. The van der Waals surface area contributed by atoms with Gasteiger partial charge in [-0.3, -0.25) is 4.79 Å². The average molecular weight is 377 g/mol. The first-order valence-electron chi connectivity index (χ1n) is 9.79. The van der Waals surface area contributed by atoms with E-state index in [9.17, 15) is 4.79 Å². The molecule has 0 amide bonds. The average Bonchev–Trinajstić information content (AvgIpc) is 3.39. The molecule has 0 aromatic carbocycles. The standard InChI is InChI=1S/C22H29ClO3/c1-5-13(2)17-10-18(26-14(3)12-23)22-11-16(22)6-7-21(15(17)4)8-9-25-20(24)19(21)22/h5,15-19H,1-3,6-12H2,4H3/t15-,16?,17-,18+,19+,21-,22-/m0/s1. The van der Waals surface area contributed by atoms with Crippen LogP contribution in [0.15, 0.2) is 37.1 Å². The molecule has 4 heteroatoms. The van der Waals surface area contributed by atoms with Crippen LogP contribution in [0.5, 0.6) is 0 Å². The maximum Gasteiger partial charge on any atom is 0.310 e. The van der Waals surface area contributed by atoms with Gasteiger partial charge in [0.15, 0.2) is 0 Å². The molecule has 4 fully saturated rings. The summed E-state index contributed by atoms with van der Waals surface area (Å²) < 4.78 is 11.9. The SMILES string of the molecule is C=CC(=C)[C@@H]1C[C@@H](OC(=C)CCl)[C@]23CC2CC[C@]2(CCOC(=O)[C@H]23)[C@H]1C. The Kier molecular flexibility index (Phi) is 4.30. The van der Waals surface area contributed by atoms with Gasteiger partial charge in [-0.25, -0.2) is 0 Å². The smallest absolute Gasteiger partial charge is 0.310 e. The summed E-state index contributed by atoms with van der Waals surface area (Å²) in [6, 6.07) is 0. The lowest BCUT2D eigenvalue weighted by atomic mass is 9.53. The quantitative estimate of drug-likeness (QED) is 0.297. The molecule has 4 rings (SSSR count). The molecule has 0 radical (unpaired) electrons. The second kappa shape index (κ2) is 6.15. The van der Waals surface area contributed by atoms with Gasteiger partial charge in [0.25, 0.3) is 0 Å². The highest BCUT2D eigenvalue weighted by molar-refractivity contribution is 6.19. The van der Waals surface area contributed by atoms with Gasteiger partial charge in [-0.1, -0.05) is 38.3 Å². The predicted octanol–water partition coefficient (Wildman–Crippen LogP) is 4.87. The van der Waals surface area contributed by atoms with E-state index < -0.39 is 0 Å². The van der Waals surface area contributed by atoms with Crippen molar-refractivity contribution in [2.45, 2.75) is 45.1 Å². The normalized spacial score (nSPS) is 46.1. The summed E-state index contributed by atoms with van der Waals surface area (Å²) in [7, 11) is 0. The van der Waals surface area contributed by atoms with Crippen LogP contribution in [0.2, 0.25) is 0 Å². The molecule has 3 saturated carbocycles. The van der Waals surface area contributed by atoms with Gasteiger partial charge in [0.1, 0.15) is 11.9 Å². The van der Waals surface area contributed by atoms with Gasteiger partial charge in [-0.05, 0) is 55.3 Å². The second-order valence-corrected chi connectivity index (χ2v) is 9.09. The Bertz CT molecular complexity index is 670. The van der Waals surface area contributed by atoms with E-state index >= 15 is 0 Å². The van der Waals surface area contributed by atoms with Crippen LogP contribution in [-0.4, -0.2) is 24.6 Å². The van der Waals surface area contributed by atoms with E-state index in [-0.39, 0.29) is 40.6 Å². The minimum atomic E-state index is -0.116. The van der Waals surface area contributed by atoms with Crippen molar-refractivity contribution in [3.8, 4) is 0 Å². The molecule has 2 bridgehead atoms. The van der Waals surface area contributed by atoms with Crippen LogP contribution in [0.3, 0.4) is 0 Å². The lowest BCUT2D eigenvalue weighted by molar-refractivity contribution is -0.183. The van der Waals surface area contributed by atoms with E-state index in [1.54, 1.807) is 0 Å². The van der Waals surface area contributed by atoms with Crippen molar-refractivity contribution < 1.29 is 14.3 Å². The van der Waals surface area contributed by atoms with Gasteiger partial charge in [0.2, 0.25) is 0 Å². The summed E-state index contributed by atoms with van der Waals surface area (Å²) in [6.45, 7) is 15.1. The van der Waals surface area contributed by atoms with Crippen molar-refractivity contribution in [1.82, 2.24) is 0 Å². The van der Waals surface area contributed by atoms with Crippen LogP contribution >= 0.6 is 11.6 Å². The third kappa shape index (κ3) is 2.28. The van der Waals surface area contributed by atoms with Gasteiger partial charge in [-0.2, -0.15) is 0 Å². The van der Waals surface area contributed by atoms with Crippen LogP contribution in [0.4, 0.5) is 0 Å². The molecule has 1 aliphatic heterocycles. The number of hydrogen-bond acceptors (Lipinski definition) is 3. The van der Waals surface area contributed by atoms with Gasteiger partial charge < -0.3 is 9.47 Å². The minimum absolute atomic E-state index is 0.0137. The predicted molar refractivity (Wildman–Crippen MR) is 103 cm³/mol. The van der Waals surface area contributed by atoms with Crippen LogP contribution in [0.1, 0.15) is 39.0 Å². The van der Waals surface area contributed by atoms with Crippen molar-refractivity contribution in [3.05, 3.63) is 37.1 Å². The van der Waals surface area contributed by atoms with E-state index in [0.29, 0.717) is 24.2 Å². The Morgan fingerprint density at radius 3 is 2.88 bits per heavy atom. The zero-order valence-corrected chi connectivity index (χ0v) is 16.4. The minimum Gasteiger partial charge on any atom is -0.493 e. The molecule has 26 heavy (non-hydrogen) atoms. The molecule has 1 saturated heterocycles. The third-order valence-electron chi connectivity index (χ3n) is 8.09. The molecule has 4 aliphatic rings. The molecule has 3 nitrogen and oxygen atoms in total. The largest absolute Gasteiger partial charge is 0.493 e. The van der Waals surface area contributed by atoms with Gasteiger partial charge in [-0.15, -0.1) is 11.6 Å². The van der Waals surface area contributed by atoms with Gasteiger partial charge in [0, 0.05) is 5.41 Å². The van der Waals surface area contributed by atoms with E-state index in [1.165, 1.54) is 6.42 Å². The van der Waals surface area contributed by atoms with Gasteiger partial charge >= 0.3 is 5.97 Å². The number of cyclic esters (lactones) is 1. The first-order valence-corrected chi connectivity index (χ1v) is 10.3. The van der Waals surface area contributed by atoms with Crippen molar-refractivity contribution >= 4 is 17.6 Å². The lowest BCUT2D eigenvalue weighted by Gasteiger charge is -2.52. The van der Waals surface area contributed by atoms with Crippen molar-refractivity contribution in [3.63, 3.8) is 0 Å². The molecular weight excluding hydrogens is 348 g/mol. The van der Waals surface area contributed by atoms with Gasteiger partial charge in [0.05, 0.1) is 18.4 Å². The number of halogens is 1. The van der Waals surface area contributed by atoms with E-state index in [0.717, 1.165) is 31.3 Å². The Morgan fingerprint density at radius 1 is 1.42 bits per heavy atom. The molecule has 0 aromatic heterocycles. The number of allylic oxidation sites excluding steroid dienone is 3. The summed E-state index contributed by atoms with van der Waals surface area (Å²) in [5, 5.41) is 0. The molecule has 0 aromatic rings. The molecule has 7 atom stereocenters. The fraction of sp³-hybridized carbons (Fsp3) is 0.682. The zero-order chi connectivity index (χ0) is 18.7. The summed E-state index contributed by atoms with van der Waals surface area (Å²) in [5.74, 6) is 1.93. The Hall–Kier alpha value is -1.22. The number of hydrogen-bond donors (Lipinski definition) is 0. The lowest BCUT2D eigenvalue weighted by Crippen LogP contribution is -2.54. The zero-order valence-electron chi connectivity index (χ0n) is 15.6. The first-order chi connectivity index (χ1) is 12.4. The molecule has 1 unspecified atom stereocenters. The summed E-state index contributed by atoms with van der Waals surface area (Å²) in [5.41, 5.74) is 0.921. The maximum atomic E-state index is 13.0. The Labute approximate surface area is 161 Å². The van der Waals surface area contributed by atoms with Crippen molar-refractivity contribution in [1.29, 1.82) is 0 Å². The molecule has 3 aliphatic carbocycles. The van der Waals surface area contributed by atoms with Crippen LogP contribution in [0.25, 0.3) is 0 Å². The molecule has 0 N–H and O–H groups in total. The summed E-state index contributed by atoms with van der Waals surface area (Å²) in [6.07, 6.45) is 6.94. The summed E-state index contributed by atoms with van der Waals surface area (Å²) >= 11 is 5.97. The number of ether oxygens (including phenoxy) is 2. The van der Waals surface area contributed by atoms with Crippen molar-refractivity contribution in [2.24, 2.45) is 34.5 Å². The van der Waals surface area contributed by atoms with E-state index in [2.05, 4.69) is 26.7 Å². The summed E-state index contributed by atoms with van der Waals surface area (Å²) in [4.78, 5) is 13.0. The molecule has 1 heterocycles. The third-order valence-corrected chi connectivity index (χ3v) is 8.39. The van der Waals surface area contributed by atoms with Crippen LogP contribution in [-0.2, 0) is 14.3 Å².